The summed E-state index contributed by atoms with van der Waals surface area (Å²) < 4.78 is 16.1. The number of methoxy groups -OCH3 is 1. The average Bonchev–Trinajstić information content (AvgIpc) is 3.42. The average molecular weight is 468 g/mol. The third-order valence-electron chi connectivity index (χ3n) is 5.38. The zero-order valence-corrected chi connectivity index (χ0v) is 18.8. The zero-order valence-electron chi connectivity index (χ0n) is 18.1. The number of Topliss-reactive ketones (excluding diaryl/α,β-unsaturated/α-hetero) is 1. The molecule has 0 radical (unpaired) electrons. The normalized spacial score (nSPS) is 17.4. The molecule has 1 amide bonds. The first-order valence-corrected chi connectivity index (χ1v) is 10.7. The third-order valence-corrected chi connectivity index (χ3v) is 5.69. The number of aliphatic hydroxyl groups is 1. The van der Waals surface area contributed by atoms with Crippen molar-refractivity contribution in [1.82, 2.24) is 4.90 Å². The van der Waals surface area contributed by atoms with E-state index >= 15 is 0 Å². The summed E-state index contributed by atoms with van der Waals surface area (Å²) in [5.41, 5.74) is 0.926. The molecule has 1 atom stereocenters. The van der Waals surface area contributed by atoms with E-state index in [1.54, 1.807) is 48.5 Å². The Morgan fingerprint density at radius 3 is 2.55 bits per heavy atom. The van der Waals surface area contributed by atoms with E-state index < -0.39 is 17.7 Å². The Hall–Kier alpha value is -3.71. The maximum absolute atomic E-state index is 13.1. The first-order chi connectivity index (χ1) is 15.9. The highest BCUT2D eigenvalue weighted by atomic mass is 35.5. The Balaban J connectivity index is 1.84. The van der Waals surface area contributed by atoms with Gasteiger partial charge in [0.25, 0.3) is 11.7 Å². The van der Waals surface area contributed by atoms with Crippen LogP contribution in [0.1, 0.15) is 29.9 Å². The monoisotopic (exact) mass is 467 g/mol. The van der Waals surface area contributed by atoms with E-state index in [1.165, 1.54) is 24.3 Å². The summed E-state index contributed by atoms with van der Waals surface area (Å²) in [7, 11) is 1.45. The van der Waals surface area contributed by atoms with Crippen LogP contribution in [0.25, 0.3) is 5.76 Å². The summed E-state index contributed by atoms with van der Waals surface area (Å²) >= 11 is 6.11. The summed E-state index contributed by atoms with van der Waals surface area (Å²) in [5, 5.41) is 11.5. The van der Waals surface area contributed by atoms with Crippen LogP contribution in [0.4, 0.5) is 0 Å². The van der Waals surface area contributed by atoms with Crippen LogP contribution in [0.5, 0.6) is 11.5 Å². The fourth-order valence-electron chi connectivity index (χ4n) is 3.84. The number of hydrogen-bond donors (Lipinski definition) is 1. The van der Waals surface area contributed by atoms with E-state index in [9.17, 15) is 14.7 Å². The molecular weight excluding hydrogens is 446 g/mol. The quantitative estimate of drug-likeness (QED) is 0.300. The van der Waals surface area contributed by atoms with E-state index in [0.717, 1.165) is 0 Å². The Morgan fingerprint density at radius 1 is 1.15 bits per heavy atom. The number of halogens is 1. The molecule has 1 fully saturated rings. The second-order valence-electron chi connectivity index (χ2n) is 7.36. The van der Waals surface area contributed by atoms with Gasteiger partial charge in [0.05, 0.1) is 43.2 Å². The fourth-order valence-corrected chi connectivity index (χ4v) is 4.03. The van der Waals surface area contributed by atoms with Crippen molar-refractivity contribution >= 4 is 29.1 Å². The van der Waals surface area contributed by atoms with Gasteiger partial charge in [0.1, 0.15) is 23.0 Å². The number of carbonyl (C=O) groups excluding carboxylic acids is 2. The standard InChI is InChI=1S/C25H22ClNO6/c1-3-32-17-9-6-15(7-10-17)22-21(23(28)16-8-11-19(26)20(13-16)31-2)24(29)25(30)27(22)14-18-5-4-12-33-18/h4-13,22,28H,3,14H2,1-2H3/b23-21-. The third kappa shape index (κ3) is 4.32. The number of furan rings is 1. The molecule has 7 nitrogen and oxygen atoms in total. The van der Waals surface area contributed by atoms with Crippen molar-refractivity contribution in [3.05, 3.63) is 88.3 Å². The van der Waals surface area contributed by atoms with E-state index in [1.807, 2.05) is 6.92 Å². The van der Waals surface area contributed by atoms with Crippen molar-refractivity contribution in [1.29, 1.82) is 0 Å². The van der Waals surface area contributed by atoms with Gasteiger partial charge in [-0.05, 0) is 55.0 Å². The maximum Gasteiger partial charge on any atom is 0.296 e. The van der Waals surface area contributed by atoms with Gasteiger partial charge in [-0.3, -0.25) is 9.59 Å². The molecule has 1 aliphatic rings. The molecule has 2 aromatic carbocycles. The minimum absolute atomic E-state index is 0.0277. The first-order valence-electron chi connectivity index (χ1n) is 10.3. The van der Waals surface area contributed by atoms with Crippen LogP contribution in [0.15, 0.2) is 70.9 Å². The number of ketones is 1. The number of ether oxygens (including phenoxy) is 2. The Bertz CT molecular complexity index is 1200. The molecule has 0 saturated carbocycles. The van der Waals surface area contributed by atoms with E-state index in [2.05, 4.69) is 0 Å². The van der Waals surface area contributed by atoms with Crippen LogP contribution >= 0.6 is 11.6 Å². The van der Waals surface area contributed by atoms with Crippen molar-refractivity contribution in [2.75, 3.05) is 13.7 Å². The predicted octanol–water partition coefficient (Wildman–Crippen LogP) is 4.96. The summed E-state index contributed by atoms with van der Waals surface area (Å²) in [6.45, 7) is 2.46. The number of rotatable bonds is 7. The van der Waals surface area contributed by atoms with Gasteiger partial charge in [-0.15, -0.1) is 0 Å². The van der Waals surface area contributed by atoms with Gasteiger partial charge in [0.2, 0.25) is 0 Å². The SMILES string of the molecule is CCOc1ccc(C2/C(=C(/O)c3ccc(Cl)c(OC)c3)C(=O)C(=O)N2Cc2ccco2)cc1. The molecule has 2 heterocycles. The predicted molar refractivity (Wildman–Crippen MR) is 122 cm³/mol. The summed E-state index contributed by atoms with van der Waals surface area (Å²) in [4.78, 5) is 27.5. The van der Waals surface area contributed by atoms with Crippen LogP contribution in [0.3, 0.4) is 0 Å². The van der Waals surface area contributed by atoms with Crippen molar-refractivity contribution in [2.24, 2.45) is 0 Å². The van der Waals surface area contributed by atoms with Gasteiger partial charge in [0, 0.05) is 5.56 Å². The number of likely N-dealkylation sites (tertiary alicyclic amines) is 1. The molecule has 1 saturated heterocycles. The minimum atomic E-state index is -0.826. The first kappa shape index (κ1) is 22.5. The summed E-state index contributed by atoms with van der Waals surface area (Å²) in [5.74, 6) is -0.320. The smallest absolute Gasteiger partial charge is 0.296 e. The number of aliphatic hydroxyl groups excluding tert-OH is 1. The molecule has 0 bridgehead atoms. The van der Waals surface area contributed by atoms with Crippen LogP contribution in [-0.4, -0.2) is 35.4 Å². The van der Waals surface area contributed by atoms with Gasteiger partial charge in [-0.25, -0.2) is 0 Å². The Morgan fingerprint density at radius 2 is 1.91 bits per heavy atom. The summed E-state index contributed by atoms with van der Waals surface area (Å²) in [6.07, 6.45) is 1.50. The fraction of sp³-hybridized carbons (Fsp3) is 0.200. The highest BCUT2D eigenvalue weighted by molar-refractivity contribution is 6.46. The molecule has 0 aliphatic carbocycles. The van der Waals surface area contributed by atoms with Crippen molar-refractivity contribution < 1.29 is 28.6 Å². The lowest BCUT2D eigenvalue weighted by molar-refractivity contribution is -0.140. The lowest BCUT2D eigenvalue weighted by atomic mass is 9.95. The molecule has 1 N–H and O–H groups in total. The molecule has 170 valence electrons. The van der Waals surface area contributed by atoms with Crippen LogP contribution in [0, 0.1) is 0 Å². The molecule has 8 heteroatoms. The van der Waals surface area contributed by atoms with Crippen LogP contribution in [0.2, 0.25) is 5.02 Å². The molecule has 0 spiro atoms. The molecule has 4 rings (SSSR count). The topological polar surface area (TPSA) is 89.2 Å². The molecule has 1 unspecified atom stereocenters. The number of carbonyl (C=O) groups is 2. The van der Waals surface area contributed by atoms with Gasteiger partial charge >= 0.3 is 0 Å². The van der Waals surface area contributed by atoms with Gasteiger partial charge in [-0.1, -0.05) is 23.7 Å². The van der Waals surface area contributed by atoms with E-state index in [-0.39, 0.29) is 17.9 Å². The highest BCUT2D eigenvalue weighted by Crippen LogP contribution is 2.41. The van der Waals surface area contributed by atoms with Crippen molar-refractivity contribution in [3.8, 4) is 11.5 Å². The lowest BCUT2D eigenvalue weighted by Crippen LogP contribution is -2.29. The molecule has 1 aromatic heterocycles. The second kappa shape index (κ2) is 9.42. The molecular formula is C25H22ClNO6. The Labute approximate surface area is 195 Å². The summed E-state index contributed by atoms with van der Waals surface area (Å²) in [6, 6.07) is 14.3. The van der Waals surface area contributed by atoms with Gasteiger partial charge < -0.3 is 23.9 Å². The number of hydrogen-bond acceptors (Lipinski definition) is 6. The van der Waals surface area contributed by atoms with E-state index in [4.69, 9.17) is 25.5 Å². The van der Waals surface area contributed by atoms with Crippen molar-refractivity contribution in [2.45, 2.75) is 19.5 Å². The van der Waals surface area contributed by atoms with Gasteiger partial charge in [-0.2, -0.15) is 0 Å². The van der Waals surface area contributed by atoms with Crippen molar-refractivity contribution in [3.63, 3.8) is 0 Å². The maximum atomic E-state index is 13.1. The van der Waals surface area contributed by atoms with E-state index in [0.29, 0.717) is 40.0 Å². The molecule has 1 aliphatic heterocycles. The largest absolute Gasteiger partial charge is 0.507 e. The number of amides is 1. The molecule has 3 aromatic rings. The minimum Gasteiger partial charge on any atom is -0.507 e. The van der Waals surface area contributed by atoms with Gasteiger partial charge in [0.15, 0.2) is 0 Å². The zero-order chi connectivity index (χ0) is 23.5. The van der Waals surface area contributed by atoms with Crippen LogP contribution < -0.4 is 9.47 Å². The number of nitrogens with zero attached hydrogens (tertiary/aromatic N) is 1. The molecule has 33 heavy (non-hydrogen) atoms. The van der Waals surface area contributed by atoms with Crippen LogP contribution in [-0.2, 0) is 16.1 Å². The lowest BCUT2D eigenvalue weighted by Gasteiger charge is -2.24. The number of benzene rings is 2. The Kier molecular flexibility index (Phi) is 6.42. The second-order valence-corrected chi connectivity index (χ2v) is 7.76. The highest BCUT2D eigenvalue weighted by Gasteiger charge is 2.46.